The molecule has 0 fully saturated rings. The Morgan fingerprint density at radius 3 is 2.11 bits per heavy atom. The van der Waals surface area contributed by atoms with Crippen LogP contribution in [0.3, 0.4) is 0 Å². The second-order valence-electron chi connectivity index (χ2n) is 1.42. The van der Waals surface area contributed by atoms with Gasteiger partial charge in [-0.05, 0) is 0 Å². The Balaban J connectivity index is 4.05. The van der Waals surface area contributed by atoms with Crippen molar-refractivity contribution in [3.8, 4) is 0 Å². The first-order valence-electron chi connectivity index (χ1n) is 2.22. The minimum atomic E-state index is -0.783. The van der Waals surface area contributed by atoms with Crippen molar-refractivity contribution in [2.24, 2.45) is 5.73 Å². The Morgan fingerprint density at radius 1 is 1.56 bits per heavy atom. The molecule has 3 nitrogen and oxygen atoms in total. The van der Waals surface area contributed by atoms with Gasteiger partial charge in [0.1, 0.15) is 0 Å². The number of primary amides is 1. The molecular formula is C5H7NO2S. The topological polar surface area (TPSA) is 60.2 Å². The second kappa shape index (κ2) is 3.29. The average Bonchev–Trinajstić information content (AvgIpc) is 1.84. The number of hydrogen-bond donors (Lipinski definition) is 2. The molecular weight excluding hydrogens is 138 g/mol. The standard InChI is InChI=1S/C5H7NO2S/c1-3(5(6)8)4(7)2-9/h9H,1-2H2,(H2,6,8). The molecule has 0 aliphatic carbocycles. The molecule has 0 radical (unpaired) electrons. The van der Waals surface area contributed by atoms with Gasteiger partial charge in [-0.3, -0.25) is 9.59 Å². The van der Waals surface area contributed by atoms with Crippen molar-refractivity contribution < 1.29 is 9.59 Å². The maximum absolute atomic E-state index is 10.5. The van der Waals surface area contributed by atoms with Crippen molar-refractivity contribution in [1.82, 2.24) is 0 Å². The first-order chi connectivity index (χ1) is 4.09. The Morgan fingerprint density at radius 2 is 2.00 bits per heavy atom. The largest absolute Gasteiger partial charge is 0.366 e. The van der Waals surface area contributed by atoms with Crippen LogP contribution >= 0.6 is 12.6 Å². The molecule has 0 aliphatic heterocycles. The Bertz CT molecular complexity index is 164. The van der Waals surface area contributed by atoms with Crippen LogP contribution in [0, 0.1) is 0 Å². The van der Waals surface area contributed by atoms with Crippen LogP contribution in [0.15, 0.2) is 12.2 Å². The predicted molar refractivity (Wildman–Crippen MR) is 37.2 cm³/mol. The molecule has 0 spiro atoms. The van der Waals surface area contributed by atoms with Gasteiger partial charge in [-0.1, -0.05) is 6.58 Å². The summed E-state index contributed by atoms with van der Waals surface area (Å²) in [6.45, 7) is 3.15. The molecule has 4 heteroatoms. The van der Waals surface area contributed by atoms with Gasteiger partial charge in [-0.2, -0.15) is 12.6 Å². The van der Waals surface area contributed by atoms with Gasteiger partial charge < -0.3 is 5.73 Å². The van der Waals surface area contributed by atoms with Gasteiger partial charge in [0, 0.05) is 0 Å². The van der Waals surface area contributed by atoms with Gasteiger partial charge in [0.15, 0.2) is 5.78 Å². The van der Waals surface area contributed by atoms with Crippen LogP contribution in [0.2, 0.25) is 0 Å². The third kappa shape index (κ3) is 2.32. The number of carbonyl (C=O) groups is 2. The lowest BCUT2D eigenvalue weighted by atomic mass is 10.2. The molecule has 0 saturated heterocycles. The van der Waals surface area contributed by atoms with Gasteiger partial charge in [-0.15, -0.1) is 0 Å². The molecule has 0 rings (SSSR count). The van der Waals surface area contributed by atoms with Gasteiger partial charge in [0.05, 0.1) is 11.3 Å². The maximum Gasteiger partial charge on any atom is 0.251 e. The summed E-state index contributed by atoms with van der Waals surface area (Å²) in [6.07, 6.45) is 0. The molecule has 9 heavy (non-hydrogen) atoms. The van der Waals surface area contributed by atoms with Gasteiger partial charge >= 0.3 is 0 Å². The number of rotatable bonds is 3. The van der Waals surface area contributed by atoms with Crippen molar-refractivity contribution in [3.05, 3.63) is 12.2 Å². The zero-order chi connectivity index (χ0) is 7.44. The van der Waals surface area contributed by atoms with Crippen LogP contribution in [0.25, 0.3) is 0 Å². The van der Waals surface area contributed by atoms with Crippen LogP contribution in [-0.4, -0.2) is 17.4 Å². The quantitative estimate of drug-likeness (QED) is 0.244. The maximum atomic E-state index is 10.5. The molecule has 0 aromatic heterocycles. The van der Waals surface area contributed by atoms with E-state index in [-0.39, 0.29) is 11.3 Å². The Hall–Kier alpha value is -0.770. The lowest BCUT2D eigenvalue weighted by molar-refractivity contribution is -0.119. The van der Waals surface area contributed by atoms with Crippen LogP contribution < -0.4 is 5.73 Å². The van der Waals surface area contributed by atoms with E-state index in [1.807, 2.05) is 0 Å². The van der Waals surface area contributed by atoms with E-state index in [1.165, 1.54) is 0 Å². The monoisotopic (exact) mass is 145 g/mol. The molecule has 0 bridgehead atoms. The number of amides is 1. The van der Waals surface area contributed by atoms with Crippen LogP contribution in [0.4, 0.5) is 0 Å². The van der Waals surface area contributed by atoms with Crippen LogP contribution in [-0.2, 0) is 9.59 Å². The number of ketones is 1. The zero-order valence-corrected chi connectivity index (χ0v) is 5.65. The SMILES string of the molecule is C=C(C(N)=O)C(=O)CS. The third-order valence-electron chi connectivity index (χ3n) is 0.778. The lowest BCUT2D eigenvalue weighted by Crippen LogP contribution is -2.20. The summed E-state index contributed by atoms with van der Waals surface area (Å²) < 4.78 is 0. The molecule has 0 aliphatic rings. The average molecular weight is 145 g/mol. The molecule has 0 atom stereocenters. The van der Waals surface area contributed by atoms with Crippen molar-refractivity contribution in [1.29, 1.82) is 0 Å². The van der Waals surface area contributed by atoms with E-state index >= 15 is 0 Å². The third-order valence-corrected chi connectivity index (χ3v) is 1.06. The summed E-state index contributed by atoms with van der Waals surface area (Å²) in [5.74, 6) is -1.23. The van der Waals surface area contributed by atoms with Crippen molar-refractivity contribution in [2.45, 2.75) is 0 Å². The molecule has 0 saturated carbocycles. The summed E-state index contributed by atoms with van der Waals surface area (Å²) in [6, 6.07) is 0. The van der Waals surface area contributed by atoms with Gasteiger partial charge in [-0.25, -0.2) is 0 Å². The smallest absolute Gasteiger partial charge is 0.251 e. The first-order valence-corrected chi connectivity index (χ1v) is 2.85. The number of thiol groups is 1. The van der Waals surface area contributed by atoms with E-state index in [4.69, 9.17) is 5.73 Å². The van der Waals surface area contributed by atoms with E-state index in [0.717, 1.165) is 0 Å². The summed E-state index contributed by atoms with van der Waals surface area (Å²) in [4.78, 5) is 20.6. The molecule has 50 valence electrons. The molecule has 0 heterocycles. The lowest BCUT2D eigenvalue weighted by Gasteiger charge is -1.92. The predicted octanol–water partition coefficient (Wildman–Crippen LogP) is -0.473. The number of Topliss-reactive ketones (excluding diaryl/α,β-unsaturated/α-hetero) is 1. The zero-order valence-electron chi connectivity index (χ0n) is 4.76. The highest BCUT2D eigenvalue weighted by molar-refractivity contribution is 7.81. The summed E-state index contributed by atoms with van der Waals surface area (Å²) in [5, 5.41) is 0. The van der Waals surface area contributed by atoms with Gasteiger partial charge in [0.25, 0.3) is 5.91 Å². The fourth-order valence-electron chi connectivity index (χ4n) is 0.233. The summed E-state index contributed by atoms with van der Waals surface area (Å²) >= 11 is 3.63. The summed E-state index contributed by atoms with van der Waals surface area (Å²) in [5.41, 5.74) is 4.53. The number of carbonyl (C=O) groups excluding carboxylic acids is 2. The van der Waals surface area contributed by atoms with Crippen molar-refractivity contribution in [3.63, 3.8) is 0 Å². The second-order valence-corrected chi connectivity index (χ2v) is 1.74. The highest BCUT2D eigenvalue weighted by Crippen LogP contribution is 1.91. The van der Waals surface area contributed by atoms with Crippen LogP contribution in [0.1, 0.15) is 0 Å². The summed E-state index contributed by atoms with van der Waals surface area (Å²) in [7, 11) is 0. The van der Waals surface area contributed by atoms with Crippen LogP contribution in [0.5, 0.6) is 0 Å². The van der Waals surface area contributed by atoms with Gasteiger partial charge in [0.2, 0.25) is 0 Å². The van der Waals surface area contributed by atoms with Crippen molar-refractivity contribution in [2.75, 3.05) is 5.75 Å². The van der Waals surface area contributed by atoms with E-state index in [0.29, 0.717) is 0 Å². The Labute approximate surface area is 58.3 Å². The normalized spacial score (nSPS) is 8.56. The minimum Gasteiger partial charge on any atom is -0.366 e. The highest BCUT2D eigenvalue weighted by atomic mass is 32.1. The Kier molecular flexibility index (Phi) is 3.01. The molecule has 2 N–H and O–H groups in total. The fourth-order valence-corrected chi connectivity index (χ4v) is 0.424. The highest BCUT2D eigenvalue weighted by Gasteiger charge is 2.08. The molecule has 0 unspecified atom stereocenters. The number of hydrogen-bond acceptors (Lipinski definition) is 3. The molecule has 0 aromatic carbocycles. The molecule has 1 amide bonds. The minimum absolute atomic E-state index is 0.0260. The fraction of sp³-hybridized carbons (Fsp3) is 0.200. The van der Waals surface area contributed by atoms with E-state index in [1.54, 1.807) is 0 Å². The molecule has 0 aromatic rings. The van der Waals surface area contributed by atoms with E-state index < -0.39 is 11.7 Å². The van der Waals surface area contributed by atoms with E-state index in [9.17, 15) is 9.59 Å². The number of nitrogens with two attached hydrogens (primary N) is 1. The van der Waals surface area contributed by atoms with E-state index in [2.05, 4.69) is 19.2 Å². The van der Waals surface area contributed by atoms with Crippen molar-refractivity contribution >= 4 is 24.3 Å². The first kappa shape index (κ1) is 8.23.